The molecule has 1 fully saturated rings. The van der Waals surface area contributed by atoms with Crippen molar-refractivity contribution < 1.29 is 14.0 Å². The summed E-state index contributed by atoms with van der Waals surface area (Å²) in [5.41, 5.74) is 9.51. The largest absolute Gasteiger partial charge is 0.413 e. The molecule has 1 amide bonds. The van der Waals surface area contributed by atoms with E-state index in [-0.39, 0.29) is 35.4 Å². The van der Waals surface area contributed by atoms with Crippen LogP contribution in [0.25, 0.3) is 16.1 Å². The van der Waals surface area contributed by atoms with Crippen LogP contribution >= 0.6 is 11.3 Å². The van der Waals surface area contributed by atoms with E-state index in [9.17, 15) is 9.59 Å². The third-order valence-corrected chi connectivity index (χ3v) is 13.7. The quantitative estimate of drug-likeness (QED) is 0.0615. The van der Waals surface area contributed by atoms with E-state index in [2.05, 4.69) is 59.4 Å². The van der Waals surface area contributed by atoms with Gasteiger partial charge in [0.1, 0.15) is 17.1 Å². The number of hydrazone groups is 1. The van der Waals surface area contributed by atoms with E-state index in [1.807, 2.05) is 26.0 Å². The summed E-state index contributed by atoms with van der Waals surface area (Å²) in [6.45, 7) is 14.5. The summed E-state index contributed by atoms with van der Waals surface area (Å²) in [6, 6.07) is 3.33. The van der Waals surface area contributed by atoms with Gasteiger partial charge in [-0.15, -0.1) is 11.3 Å². The lowest BCUT2D eigenvalue weighted by atomic mass is 9.77. The summed E-state index contributed by atoms with van der Waals surface area (Å²) in [5.74, 6) is 4.70. The van der Waals surface area contributed by atoms with E-state index in [0.717, 1.165) is 5.56 Å². The van der Waals surface area contributed by atoms with Gasteiger partial charge in [-0.05, 0) is 37.2 Å². The molecule has 0 aromatic carbocycles. The molecule has 0 radical (unpaired) electrons. The van der Waals surface area contributed by atoms with Crippen LogP contribution in [0.15, 0.2) is 34.7 Å². The van der Waals surface area contributed by atoms with E-state index >= 15 is 0 Å². The topological polar surface area (TPSA) is 160 Å². The van der Waals surface area contributed by atoms with Crippen LogP contribution in [0.2, 0.25) is 18.1 Å². The summed E-state index contributed by atoms with van der Waals surface area (Å²) in [7, 11) is -2.12. The van der Waals surface area contributed by atoms with Crippen LogP contribution in [0.3, 0.4) is 0 Å². The second-order valence-electron chi connectivity index (χ2n) is 11.5. The Morgan fingerprint density at radius 3 is 2.67 bits per heavy atom. The lowest BCUT2D eigenvalue weighted by Crippen LogP contribution is -2.66. The van der Waals surface area contributed by atoms with Gasteiger partial charge in [0.05, 0.1) is 34.8 Å². The molecule has 0 bridgehead atoms. The fraction of sp³-hybridized carbons (Fsp3) is 0.500. The van der Waals surface area contributed by atoms with Gasteiger partial charge >= 0.3 is 0 Å². The fourth-order valence-corrected chi connectivity index (χ4v) is 7.47. The maximum absolute atomic E-state index is 14.0. The highest BCUT2D eigenvalue weighted by molar-refractivity contribution is 7.20. The van der Waals surface area contributed by atoms with Crippen molar-refractivity contribution >= 4 is 42.4 Å². The van der Waals surface area contributed by atoms with Gasteiger partial charge in [0.25, 0.3) is 0 Å². The molecule has 11 nitrogen and oxygen atoms in total. The van der Waals surface area contributed by atoms with Gasteiger partial charge in [-0.3, -0.25) is 19.0 Å². The summed E-state index contributed by atoms with van der Waals surface area (Å²) >= 11 is 1.28. The Morgan fingerprint density at radius 2 is 2.10 bits per heavy atom. The van der Waals surface area contributed by atoms with Gasteiger partial charge in [0.2, 0.25) is 5.91 Å². The number of rotatable bonds is 10. The van der Waals surface area contributed by atoms with Gasteiger partial charge in [-0.25, -0.2) is 10.5 Å². The molecule has 208 valence electrons. The molecule has 1 aliphatic rings. The zero-order chi connectivity index (χ0) is 28.7. The number of nitrogens with one attached hydrogen (secondary N) is 2. The smallest absolute Gasteiger partial charge is 0.228 e. The Hall–Kier alpha value is -3.29. The molecule has 4 N–H and O–H groups in total. The van der Waals surface area contributed by atoms with Crippen molar-refractivity contribution in [3.63, 3.8) is 0 Å². The molecule has 3 aromatic heterocycles. The summed E-state index contributed by atoms with van der Waals surface area (Å²) < 4.78 is 8.31. The van der Waals surface area contributed by atoms with Crippen molar-refractivity contribution in [1.82, 2.24) is 19.7 Å². The standard InChI is InChI=1S/C26H36N8O3SSi/c1-14(20-19(24(36)33-20)15(2)37-39(6,7)26(3,4)5)22(35)23-17(12-30-27)34-18(13-31-28)32-21(25(34)38-23)16-9-8-10-29-11-16/h8-11,13-15,19-20,27H,12,28H2,1-7H3,(H,33,36)/t14-,15-,19-,20-/m1/s1. The summed E-state index contributed by atoms with van der Waals surface area (Å²) in [4.78, 5) is 36.7. The van der Waals surface area contributed by atoms with E-state index in [1.54, 1.807) is 16.8 Å². The molecular weight excluding hydrogens is 532 g/mol. The van der Waals surface area contributed by atoms with Crippen LogP contribution in [-0.2, 0) is 15.8 Å². The number of pyridine rings is 1. The maximum atomic E-state index is 14.0. The van der Waals surface area contributed by atoms with E-state index in [1.165, 1.54) is 17.6 Å². The Balaban J connectivity index is 1.71. The van der Waals surface area contributed by atoms with Gasteiger partial charge in [0.15, 0.2) is 19.9 Å². The molecule has 0 saturated carbocycles. The first-order valence-corrected chi connectivity index (χ1v) is 16.6. The van der Waals surface area contributed by atoms with E-state index in [4.69, 9.17) is 15.8 Å². The predicted octanol–water partition coefficient (Wildman–Crippen LogP) is 4.63. The number of imidazole rings is 1. The number of hydrogen-bond acceptors (Lipinski definition) is 10. The highest BCUT2D eigenvalue weighted by atomic mass is 32.1. The fourth-order valence-electron chi connectivity index (χ4n) is 4.73. The van der Waals surface area contributed by atoms with Crippen molar-refractivity contribution in [2.75, 3.05) is 0 Å². The van der Waals surface area contributed by atoms with Crippen molar-refractivity contribution in [2.45, 2.75) is 71.4 Å². The molecule has 1 saturated heterocycles. The zero-order valence-corrected chi connectivity index (χ0v) is 25.2. The second kappa shape index (κ2) is 10.7. The molecule has 0 spiro atoms. The molecule has 0 unspecified atom stereocenters. The van der Waals surface area contributed by atoms with Crippen LogP contribution in [-0.4, -0.2) is 52.7 Å². The van der Waals surface area contributed by atoms with E-state index in [0.29, 0.717) is 26.9 Å². The Kier molecular flexibility index (Phi) is 7.88. The molecule has 0 aliphatic carbocycles. The van der Waals surface area contributed by atoms with E-state index < -0.39 is 20.2 Å². The lowest BCUT2D eigenvalue weighted by molar-refractivity contribution is -0.141. The summed E-state index contributed by atoms with van der Waals surface area (Å²) in [6.07, 6.45) is 4.46. The highest BCUT2D eigenvalue weighted by Crippen LogP contribution is 2.41. The first-order chi connectivity index (χ1) is 18.3. The number of ketones is 1. The summed E-state index contributed by atoms with van der Waals surface area (Å²) in [5, 5.41) is 10.2. The van der Waals surface area contributed by atoms with Crippen LogP contribution in [0.5, 0.6) is 0 Å². The number of nitrogens with two attached hydrogens (primary N) is 1. The van der Waals surface area contributed by atoms with Gasteiger partial charge < -0.3 is 15.6 Å². The number of Topliss-reactive ketones (excluding diaryl/α,β-unsaturated/α-hetero) is 1. The third-order valence-electron chi connectivity index (χ3n) is 7.91. The highest BCUT2D eigenvalue weighted by Gasteiger charge is 2.50. The van der Waals surface area contributed by atoms with Crippen molar-refractivity contribution in [1.29, 1.82) is 5.53 Å². The molecule has 39 heavy (non-hydrogen) atoms. The minimum absolute atomic E-state index is 0.00357. The minimum Gasteiger partial charge on any atom is -0.413 e. The van der Waals surface area contributed by atoms with Crippen LogP contribution in [0.1, 0.15) is 55.8 Å². The lowest BCUT2D eigenvalue weighted by Gasteiger charge is -2.46. The first kappa shape index (κ1) is 28.7. The SMILES string of the molecule is C[C@@H](O[Si](C)(C)C(C)(C)C)[C@H]1C(=O)N[C@@H]1[C@@H](C)C(=O)c1sc2c(-c3cccnc3)nc(C=NN)n2c1CN=N. The number of aromatic nitrogens is 3. The monoisotopic (exact) mass is 568 g/mol. The maximum Gasteiger partial charge on any atom is 0.228 e. The average molecular weight is 569 g/mol. The molecule has 13 heteroatoms. The average Bonchev–Trinajstić information content (AvgIpc) is 3.39. The normalized spacial score (nSPS) is 19.6. The van der Waals surface area contributed by atoms with Crippen molar-refractivity contribution in [2.24, 2.45) is 27.9 Å². The number of fused-ring (bicyclic) bond motifs is 1. The number of amides is 1. The molecule has 4 heterocycles. The van der Waals surface area contributed by atoms with Crippen molar-refractivity contribution in [3.05, 3.63) is 40.9 Å². The second-order valence-corrected chi connectivity index (χ2v) is 17.2. The third kappa shape index (κ3) is 5.17. The minimum atomic E-state index is -2.12. The number of carbonyl (C=O) groups is 2. The number of hydrogen-bond donors (Lipinski definition) is 3. The van der Waals surface area contributed by atoms with Crippen LogP contribution < -0.4 is 11.2 Å². The van der Waals surface area contributed by atoms with Crippen LogP contribution in [0, 0.1) is 17.4 Å². The number of nitrogens with zero attached hydrogens (tertiary/aromatic N) is 5. The Bertz CT molecular complexity index is 1430. The Morgan fingerprint density at radius 1 is 1.38 bits per heavy atom. The molecular formula is C26H36N8O3SSi. The molecule has 1 aliphatic heterocycles. The number of carbonyl (C=O) groups excluding carboxylic acids is 2. The molecule has 4 rings (SSSR count). The van der Waals surface area contributed by atoms with Gasteiger partial charge in [-0.1, -0.05) is 27.7 Å². The van der Waals surface area contributed by atoms with Crippen molar-refractivity contribution in [3.8, 4) is 11.3 Å². The van der Waals surface area contributed by atoms with Gasteiger partial charge in [-0.2, -0.15) is 10.2 Å². The zero-order valence-electron chi connectivity index (χ0n) is 23.3. The first-order valence-electron chi connectivity index (χ1n) is 12.9. The number of thiazole rings is 1. The molecule has 3 aromatic rings. The number of β-lactam (4-membered cyclic amide) rings is 1. The molecule has 4 atom stereocenters. The predicted molar refractivity (Wildman–Crippen MR) is 154 cm³/mol. The van der Waals surface area contributed by atoms with Crippen LogP contribution in [0.4, 0.5) is 0 Å². The Labute approximate surface area is 232 Å². The van der Waals surface area contributed by atoms with Gasteiger partial charge in [0, 0.05) is 23.9 Å².